The molecule has 4 nitrogen and oxygen atoms in total. The van der Waals surface area contributed by atoms with E-state index in [0.29, 0.717) is 18.1 Å². The number of unbranched alkanes of at least 4 members (excludes halogenated alkanes) is 1. The molecule has 1 amide bonds. The Morgan fingerprint density at radius 3 is 2.30 bits per heavy atom. The smallest absolute Gasteiger partial charge is 0.238 e. The maximum Gasteiger partial charge on any atom is 0.238 e. The van der Waals surface area contributed by atoms with E-state index in [-0.39, 0.29) is 10.8 Å². The van der Waals surface area contributed by atoms with Crippen LogP contribution in [0.15, 0.2) is 29.2 Å². The third kappa shape index (κ3) is 4.80. The van der Waals surface area contributed by atoms with E-state index < -0.39 is 15.6 Å². The Morgan fingerprint density at radius 2 is 1.80 bits per heavy atom. The highest BCUT2D eigenvalue weighted by molar-refractivity contribution is 7.92. The van der Waals surface area contributed by atoms with Crippen molar-refractivity contribution in [2.24, 2.45) is 0 Å². The van der Waals surface area contributed by atoms with Gasteiger partial charge in [0.1, 0.15) is 5.75 Å². The fourth-order valence-electron chi connectivity index (χ4n) is 1.79. The van der Waals surface area contributed by atoms with Crippen molar-refractivity contribution in [2.75, 3.05) is 18.8 Å². The van der Waals surface area contributed by atoms with Crippen LogP contribution in [0.5, 0.6) is 0 Å². The van der Waals surface area contributed by atoms with Gasteiger partial charge in [0, 0.05) is 18.1 Å². The van der Waals surface area contributed by atoms with Crippen LogP contribution in [0.3, 0.4) is 0 Å². The van der Waals surface area contributed by atoms with E-state index in [1.165, 1.54) is 24.3 Å². The molecule has 6 heteroatoms. The molecule has 112 valence electrons. The second-order valence-corrected chi connectivity index (χ2v) is 6.97. The van der Waals surface area contributed by atoms with Crippen LogP contribution in [-0.2, 0) is 14.6 Å². The number of amides is 1. The normalized spacial score (nSPS) is 11.3. The molecule has 0 fully saturated rings. The molecule has 0 aliphatic heterocycles. The average molecular weight is 318 g/mol. The maximum absolute atomic E-state index is 12.2. The lowest BCUT2D eigenvalue weighted by atomic mass is 10.3. The highest BCUT2D eigenvalue weighted by Gasteiger charge is 2.22. The summed E-state index contributed by atoms with van der Waals surface area (Å²) in [6, 6.07) is 5.86. The second kappa shape index (κ2) is 7.64. The Morgan fingerprint density at radius 1 is 1.20 bits per heavy atom. The van der Waals surface area contributed by atoms with Crippen LogP contribution in [0.25, 0.3) is 0 Å². The van der Waals surface area contributed by atoms with Gasteiger partial charge in [-0.15, -0.1) is 0 Å². The lowest BCUT2D eigenvalue weighted by Crippen LogP contribution is -2.36. The van der Waals surface area contributed by atoms with Gasteiger partial charge in [0.15, 0.2) is 9.84 Å². The molecule has 0 radical (unpaired) electrons. The van der Waals surface area contributed by atoms with Gasteiger partial charge in [-0.05, 0) is 37.6 Å². The van der Waals surface area contributed by atoms with Gasteiger partial charge < -0.3 is 4.90 Å². The number of carbonyl (C=O) groups excluding carboxylic acids is 1. The van der Waals surface area contributed by atoms with Crippen LogP contribution in [0.1, 0.15) is 26.7 Å². The molecular formula is C14H20ClNO3S. The van der Waals surface area contributed by atoms with Crippen molar-refractivity contribution in [2.45, 2.75) is 31.6 Å². The monoisotopic (exact) mass is 317 g/mol. The van der Waals surface area contributed by atoms with Crippen LogP contribution in [0.2, 0.25) is 5.02 Å². The summed E-state index contributed by atoms with van der Waals surface area (Å²) in [4.78, 5) is 13.8. The van der Waals surface area contributed by atoms with Crippen molar-refractivity contribution in [3.8, 4) is 0 Å². The van der Waals surface area contributed by atoms with E-state index >= 15 is 0 Å². The largest absolute Gasteiger partial charge is 0.342 e. The van der Waals surface area contributed by atoms with Crippen molar-refractivity contribution in [3.05, 3.63) is 29.3 Å². The van der Waals surface area contributed by atoms with E-state index in [1.807, 2.05) is 13.8 Å². The van der Waals surface area contributed by atoms with Crippen molar-refractivity contribution in [1.82, 2.24) is 4.90 Å². The van der Waals surface area contributed by atoms with E-state index in [0.717, 1.165) is 12.8 Å². The molecule has 0 unspecified atom stereocenters. The molecule has 0 spiro atoms. The van der Waals surface area contributed by atoms with E-state index in [2.05, 4.69) is 0 Å². The van der Waals surface area contributed by atoms with Crippen molar-refractivity contribution in [1.29, 1.82) is 0 Å². The SMILES string of the molecule is CCCCN(CC)C(=O)CS(=O)(=O)c1ccc(Cl)cc1. The summed E-state index contributed by atoms with van der Waals surface area (Å²) in [6.07, 6.45) is 1.84. The number of benzene rings is 1. The summed E-state index contributed by atoms with van der Waals surface area (Å²) in [7, 11) is -3.61. The van der Waals surface area contributed by atoms with Crippen LogP contribution < -0.4 is 0 Å². The quantitative estimate of drug-likeness (QED) is 0.777. The standard InChI is InChI=1S/C14H20ClNO3S/c1-3-5-10-16(4-2)14(17)11-20(18,19)13-8-6-12(15)7-9-13/h6-9H,3-5,10-11H2,1-2H3. The van der Waals surface area contributed by atoms with Crippen LogP contribution in [-0.4, -0.2) is 38.1 Å². The number of halogens is 1. The van der Waals surface area contributed by atoms with Gasteiger partial charge in [-0.25, -0.2) is 8.42 Å². The zero-order valence-corrected chi connectivity index (χ0v) is 13.4. The second-order valence-electron chi connectivity index (χ2n) is 4.54. The van der Waals surface area contributed by atoms with Gasteiger partial charge in [0.2, 0.25) is 5.91 Å². The molecule has 0 atom stereocenters. The van der Waals surface area contributed by atoms with Gasteiger partial charge in [-0.3, -0.25) is 4.79 Å². The Hall–Kier alpha value is -1.07. The molecule has 0 saturated carbocycles. The molecule has 1 aromatic carbocycles. The average Bonchev–Trinajstić information content (AvgIpc) is 2.39. The van der Waals surface area contributed by atoms with Crippen LogP contribution in [0.4, 0.5) is 0 Å². The van der Waals surface area contributed by atoms with Gasteiger partial charge in [-0.2, -0.15) is 0 Å². The fraction of sp³-hybridized carbons (Fsp3) is 0.500. The number of hydrogen-bond donors (Lipinski definition) is 0. The molecule has 0 aliphatic carbocycles. The molecule has 1 rings (SSSR count). The Balaban J connectivity index is 2.79. The minimum Gasteiger partial charge on any atom is -0.342 e. The molecule has 0 saturated heterocycles. The van der Waals surface area contributed by atoms with Crippen molar-refractivity contribution >= 4 is 27.3 Å². The number of nitrogens with zero attached hydrogens (tertiary/aromatic N) is 1. The van der Waals surface area contributed by atoms with Gasteiger partial charge in [0.05, 0.1) is 4.90 Å². The van der Waals surface area contributed by atoms with Crippen LogP contribution in [0, 0.1) is 0 Å². The summed E-state index contributed by atoms with van der Waals surface area (Å²) in [5.74, 6) is -0.845. The van der Waals surface area contributed by atoms with Crippen molar-refractivity contribution in [3.63, 3.8) is 0 Å². The summed E-state index contributed by atoms with van der Waals surface area (Å²) in [5.41, 5.74) is 0. The molecule has 0 bridgehead atoms. The number of hydrogen-bond acceptors (Lipinski definition) is 3. The maximum atomic E-state index is 12.2. The first-order valence-electron chi connectivity index (χ1n) is 6.66. The fourth-order valence-corrected chi connectivity index (χ4v) is 3.14. The first kappa shape index (κ1) is 17.0. The third-order valence-electron chi connectivity index (χ3n) is 3.00. The molecule has 0 aliphatic rings. The lowest BCUT2D eigenvalue weighted by Gasteiger charge is -2.20. The summed E-state index contributed by atoms with van der Waals surface area (Å²) in [5, 5.41) is 0.466. The number of carbonyl (C=O) groups is 1. The lowest BCUT2D eigenvalue weighted by molar-refractivity contribution is -0.128. The van der Waals surface area contributed by atoms with E-state index in [9.17, 15) is 13.2 Å². The number of rotatable bonds is 7. The highest BCUT2D eigenvalue weighted by atomic mass is 35.5. The minimum absolute atomic E-state index is 0.127. The first-order chi connectivity index (χ1) is 9.40. The topological polar surface area (TPSA) is 54.5 Å². The Labute approximate surface area is 125 Å². The zero-order chi connectivity index (χ0) is 15.2. The zero-order valence-electron chi connectivity index (χ0n) is 11.8. The van der Waals surface area contributed by atoms with Crippen LogP contribution >= 0.6 is 11.6 Å². The summed E-state index contributed by atoms with van der Waals surface area (Å²) >= 11 is 5.73. The van der Waals surface area contributed by atoms with Gasteiger partial charge in [-0.1, -0.05) is 24.9 Å². The first-order valence-corrected chi connectivity index (χ1v) is 8.69. The molecule has 1 aromatic rings. The predicted octanol–water partition coefficient (Wildman–Crippen LogP) is 2.76. The number of sulfone groups is 1. The van der Waals surface area contributed by atoms with Gasteiger partial charge >= 0.3 is 0 Å². The summed E-state index contributed by atoms with van der Waals surface area (Å²) < 4.78 is 24.3. The molecule has 0 heterocycles. The molecule has 0 N–H and O–H groups in total. The summed E-state index contributed by atoms with van der Waals surface area (Å²) in [6.45, 7) is 5.00. The van der Waals surface area contributed by atoms with Gasteiger partial charge in [0.25, 0.3) is 0 Å². The molecule has 20 heavy (non-hydrogen) atoms. The minimum atomic E-state index is -3.61. The molecular weight excluding hydrogens is 298 g/mol. The molecule has 0 aromatic heterocycles. The third-order valence-corrected chi connectivity index (χ3v) is 4.87. The Bertz CT molecular complexity index is 540. The van der Waals surface area contributed by atoms with E-state index in [1.54, 1.807) is 4.90 Å². The van der Waals surface area contributed by atoms with Crippen molar-refractivity contribution < 1.29 is 13.2 Å². The Kier molecular flexibility index (Phi) is 6.49. The predicted molar refractivity (Wildman–Crippen MR) is 80.7 cm³/mol. The van der Waals surface area contributed by atoms with E-state index in [4.69, 9.17) is 11.6 Å². The highest BCUT2D eigenvalue weighted by Crippen LogP contribution is 2.16.